The molecule has 2 heterocycles. The second-order valence-electron chi connectivity index (χ2n) is 5.66. The molecule has 0 saturated carbocycles. The molecule has 0 fully saturated rings. The van der Waals surface area contributed by atoms with Gasteiger partial charge in [-0.1, -0.05) is 31.7 Å². The zero-order chi connectivity index (χ0) is 17.0. The minimum absolute atomic E-state index is 0.0163. The summed E-state index contributed by atoms with van der Waals surface area (Å²) in [4.78, 5) is 17.7. The molecule has 122 valence electrons. The second kappa shape index (κ2) is 7.15. The van der Waals surface area contributed by atoms with Crippen LogP contribution in [0, 0.1) is 17.2 Å². The first-order valence-electron chi connectivity index (χ1n) is 7.22. The van der Waals surface area contributed by atoms with E-state index in [2.05, 4.69) is 26.6 Å². The van der Waals surface area contributed by atoms with Crippen LogP contribution in [0.3, 0.4) is 0 Å². The second-order valence-corrected chi connectivity index (χ2v) is 7.92. The maximum Gasteiger partial charge on any atom is 0.234 e. The summed E-state index contributed by atoms with van der Waals surface area (Å²) in [7, 11) is 0. The molecule has 8 heteroatoms. The van der Waals surface area contributed by atoms with Crippen LogP contribution in [0.1, 0.15) is 27.7 Å². The zero-order valence-electron chi connectivity index (χ0n) is 13.5. The van der Waals surface area contributed by atoms with Crippen molar-refractivity contribution in [2.45, 2.75) is 43.6 Å². The molecule has 2 atom stereocenters. The van der Waals surface area contributed by atoms with E-state index in [1.165, 1.54) is 11.8 Å². The highest BCUT2D eigenvalue weighted by Gasteiger charge is 2.32. The first-order chi connectivity index (χ1) is 10.9. The molecule has 2 aromatic rings. The molecule has 0 spiro atoms. The molecule has 1 amide bonds. The first-order valence-corrected chi connectivity index (χ1v) is 8.98. The number of amides is 1. The molecule has 0 aliphatic carbocycles. The molecule has 23 heavy (non-hydrogen) atoms. The number of nitrogens with zero attached hydrogens (tertiary/aromatic N) is 3. The maximum absolute atomic E-state index is 12.3. The minimum Gasteiger partial charge on any atom is -0.337 e. The van der Waals surface area contributed by atoms with Crippen molar-refractivity contribution in [2.24, 2.45) is 5.92 Å². The molecule has 2 N–H and O–H groups in total. The molecule has 0 radical (unpaired) electrons. The van der Waals surface area contributed by atoms with Crippen LogP contribution in [0.2, 0.25) is 0 Å². The molecular weight excluding hydrogens is 330 g/mol. The van der Waals surface area contributed by atoms with Gasteiger partial charge >= 0.3 is 0 Å². The molecule has 6 nitrogen and oxygen atoms in total. The third kappa shape index (κ3) is 4.12. The number of thioether (sulfide) groups is 1. The van der Waals surface area contributed by atoms with E-state index < -0.39 is 10.8 Å². The quantitative estimate of drug-likeness (QED) is 0.782. The average molecular weight is 349 g/mol. The van der Waals surface area contributed by atoms with Crippen LogP contribution in [-0.4, -0.2) is 31.9 Å². The van der Waals surface area contributed by atoms with Gasteiger partial charge in [-0.3, -0.25) is 9.89 Å². The van der Waals surface area contributed by atoms with Gasteiger partial charge in [-0.25, -0.2) is 4.98 Å². The van der Waals surface area contributed by atoms with E-state index in [1.54, 1.807) is 25.2 Å². The number of carbonyl (C=O) groups is 1. The molecule has 0 aliphatic rings. The lowest BCUT2D eigenvalue weighted by atomic mass is 9.90. The summed E-state index contributed by atoms with van der Waals surface area (Å²) in [5.41, 5.74) is -0.882. The zero-order valence-corrected chi connectivity index (χ0v) is 15.1. The van der Waals surface area contributed by atoms with Crippen molar-refractivity contribution in [3.8, 4) is 16.8 Å². The maximum atomic E-state index is 12.3. The number of H-pyrrole nitrogens is 1. The highest BCUT2D eigenvalue weighted by Crippen LogP contribution is 2.26. The van der Waals surface area contributed by atoms with Crippen LogP contribution >= 0.6 is 23.1 Å². The Balaban J connectivity index is 2.00. The van der Waals surface area contributed by atoms with Gasteiger partial charge in [0.2, 0.25) is 11.1 Å². The van der Waals surface area contributed by atoms with Gasteiger partial charge < -0.3 is 5.32 Å². The summed E-state index contributed by atoms with van der Waals surface area (Å²) < 4.78 is 0. The van der Waals surface area contributed by atoms with E-state index in [-0.39, 0.29) is 11.8 Å². The fourth-order valence-electron chi connectivity index (χ4n) is 1.69. The van der Waals surface area contributed by atoms with Crippen LogP contribution < -0.4 is 5.32 Å². The van der Waals surface area contributed by atoms with Crippen LogP contribution in [0.4, 0.5) is 0 Å². The Morgan fingerprint density at radius 2 is 2.26 bits per heavy atom. The summed E-state index contributed by atoms with van der Waals surface area (Å²) in [5.74, 6) is 0.511. The number of aromatic amines is 1. The lowest BCUT2D eigenvalue weighted by Crippen LogP contribution is -2.51. The van der Waals surface area contributed by atoms with Gasteiger partial charge in [0.15, 0.2) is 5.82 Å². The van der Waals surface area contributed by atoms with Crippen LogP contribution in [0.15, 0.2) is 22.7 Å². The Morgan fingerprint density at radius 3 is 2.83 bits per heavy atom. The van der Waals surface area contributed by atoms with Crippen molar-refractivity contribution in [1.29, 1.82) is 5.26 Å². The summed E-state index contributed by atoms with van der Waals surface area (Å²) in [5, 5.41) is 21.2. The predicted octanol–water partition coefficient (Wildman–Crippen LogP) is 3.07. The molecule has 0 unspecified atom stereocenters. The fraction of sp³-hybridized carbons (Fsp3) is 0.467. The van der Waals surface area contributed by atoms with E-state index in [1.807, 2.05) is 31.4 Å². The highest BCUT2D eigenvalue weighted by molar-refractivity contribution is 8.00. The number of carbonyl (C=O) groups excluding carboxylic acids is 1. The summed E-state index contributed by atoms with van der Waals surface area (Å²) in [6, 6.07) is 6.07. The average Bonchev–Trinajstić information content (AvgIpc) is 3.17. The first kappa shape index (κ1) is 17.5. The number of hydrogen-bond acceptors (Lipinski definition) is 6. The lowest BCUT2D eigenvalue weighted by molar-refractivity contribution is -0.121. The third-order valence-electron chi connectivity index (χ3n) is 3.64. The highest BCUT2D eigenvalue weighted by atomic mass is 32.2. The van der Waals surface area contributed by atoms with E-state index in [9.17, 15) is 10.1 Å². The lowest BCUT2D eigenvalue weighted by Gasteiger charge is -2.28. The number of nitrogens with one attached hydrogen (secondary N) is 2. The molecule has 2 aromatic heterocycles. The normalized spacial score (nSPS) is 15.0. The van der Waals surface area contributed by atoms with E-state index in [0.29, 0.717) is 11.0 Å². The predicted molar refractivity (Wildman–Crippen MR) is 92.0 cm³/mol. The van der Waals surface area contributed by atoms with Gasteiger partial charge in [0, 0.05) is 0 Å². The smallest absolute Gasteiger partial charge is 0.234 e. The van der Waals surface area contributed by atoms with Gasteiger partial charge in [-0.15, -0.1) is 16.4 Å². The van der Waals surface area contributed by atoms with Crippen LogP contribution in [-0.2, 0) is 4.79 Å². The third-order valence-corrected chi connectivity index (χ3v) is 5.48. The van der Waals surface area contributed by atoms with E-state index in [0.717, 1.165) is 4.88 Å². The van der Waals surface area contributed by atoms with E-state index >= 15 is 0 Å². The number of rotatable bonds is 6. The summed E-state index contributed by atoms with van der Waals surface area (Å²) >= 11 is 2.83. The minimum atomic E-state index is -0.882. The Kier molecular flexibility index (Phi) is 5.44. The van der Waals surface area contributed by atoms with Crippen molar-refractivity contribution in [2.75, 3.05) is 0 Å². The molecule has 0 aliphatic heterocycles. The molecule has 0 saturated heterocycles. The number of thiophene rings is 1. The monoisotopic (exact) mass is 349 g/mol. The molecule has 0 bridgehead atoms. The number of nitriles is 1. The topological polar surface area (TPSA) is 94.5 Å². The number of aromatic nitrogens is 3. The van der Waals surface area contributed by atoms with Crippen molar-refractivity contribution < 1.29 is 4.79 Å². The van der Waals surface area contributed by atoms with Crippen molar-refractivity contribution in [1.82, 2.24) is 20.5 Å². The van der Waals surface area contributed by atoms with Gasteiger partial charge in [0.1, 0.15) is 5.54 Å². The SMILES string of the molecule is CC(C)[C@@](C)(C#N)NC(=O)[C@@H](C)Sc1n[nH]c(-c2cccs2)n1. The van der Waals surface area contributed by atoms with Gasteiger partial charge in [0.05, 0.1) is 16.2 Å². The molecule has 2 rings (SSSR count). The van der Waals surface area contributed by atoms with Gasteiger partial charge in [-0.2, -0.15) is 5.26 Å². The van der Waals surface area contributed by atoms with Crippen molar-refractivity contribution >= 4 is 29.0 Å². The fourth-order valence-corrected chi connectivity index (χ4v) is 3.08. The number of hydrogen-bond donors (Lipinski definition) is 2. The standard InChI is InChI=1S/C15H19N5OS2/c1-9(2)15(4,8-16)18-13(21)10(3)23-14-17-12(19-20-14)11-6-5-7-22-11/h5-7,9-10H,1-4H3,(H,18,21)(H,17,19,20)/t10-,15-/m1/s1. The van der Waals surface area contributed by atoms with Crippen molar-refractivity contribution in [3.63, 3.8) is 0 Å². The molecule has 0 aromatic carbocycles. The van der Waals surface area contributed by atoms with Crippen LogP contribution in [0.5, 0.6) is 0 Å². The molecular formula is C15H19N5OS2. The van der Waals surface area contributed by atoms with Crippen LogP contribution in [0.25, 0.3) is 10.7 Å². The van der Waals surface area contributed by atoms with E-state index in [4.69, 9.17) is 0 Å². The van der Waals surface area contributed by atoms with Gasteiger partial charge in [0.25, 0.3) is 0 Å². The Morgan fingerprint density at radius 1 is 1.52 bits per heavy atom. The Bertz CT molecular complexity index is 704. The van der Waals surface area contributed by atoms with Crippen molar-refractivity contribution in [3.05, 3.63) is 17.5 Å². The Hall–Kier alpha value is -1.85. The van der Waals surface area contributed by atoms with Gasteiger partial charge in [-0.05, 0) is 31.2 Å². The summed E-state index contributed by atoms with van der Waals surface area (Å²) in [6.45, 7) is 7.32. The summed E-state index contributed by atoms with van der Waals surface area (Å²) in [6.07, 6.45) is 0. The Labute approximate surface area is 143 Å². The largest absolute Gasteiger partial charge is 0.337 e.